The van der Waals surface area contributed by atoms with Gasteiger partial charge in [-0.3, -0.25) is 0 Å². The SMILES string of the molecule is c1ccc2c(-c3c4ccccc4c(-c4ccc(C5CCCNC5)c5oc6ccccc6c45)c4ccccc34)cccc2c1. The highest BCUT2D eigenvalue weighted by molar-refractivity contribution is 6.27. The molecule has 1 N–H and O–H groups in total. The molecular weight excluding hydrogens is 522 g/mol. The van der Waals surface area contributed by atoms with Gasteiger partial charge in [0, 0.05) is 23.2 Å². The van der Waals surface area contributed by atoms with Crippen molar-refractivity contribution in [3.8, 4) is 22.3 Å². The second-order valence-electron chi connectivity index (χ2n) is 11.9. The summed E-state index contributed by atoms with van der Waals surface area (Å²) in [5.41, 5.74) is 8.41. The van der Waals surface area contributed by atoms with Crippen LogP contribution in [-0.4, -0.2) is 13.1 Å². The van der Waals surface area contributed by atoms with E-state index in [0.29, 0.717) is 5.92 Å². The zero-order chi connectivity index (χ0) is 28.3. The van der Waals surface area contributed by atoms with Gasteiger partial charge in [-0.05, 0) is 85.6 Å². The van der Waals surface area contributed by atoms with E-state index in [1.165, 1.54) is 83.7 Å². The topological polar surface area (TPSA) is 25.2 Å². The lowest BCUT2D eigenvalue weighted by Crippen LogP contribution is -2.28. The molecule has 0 spiro atoms. The van der Waals surface area contributed by atoms with E-state index in [1.807, 2.05) is 0 Å². The molecule has 1 saturated heterocycles. The van der Waals surface area contributed by atoms with Gasteiger partial charge >= 0.3 is 0 Å². The van der Waals surface area contributed by atoms with Crippen molar-refractivity contribution >= 4 is 54.3 Å². The van der Waals surface area contributed by atoms with E-state index in [9.17, 15) is 0 Å². The molecular formula is C41H31NO. The highest BCUT2D eigenvalue weighted by Gasteiger charge is 2.25. The Morgan fingerprint density at radius 3 is 1.84 bits per heavy atom. The average Bonchev–Trinajstić information content (AvgIpc) is 3.47. The summed E-state index contributed by atoms with van der Waals surface area (Å²) in [5, 5.41) is 13.7. The minimum absolute atomic E-state index is 0.452. The number of fused-ring (bicyclic) bond motifs is 6. The third-order valence-corrected chi connectivity index (χ3v) is 9.55. The first-order valence-corrected chi connectivity index (χ1v) is 15.4. The van der Waals surface area contributed by atoms with Crippen LogP contribution in [0.4, 0.5) is 0 Å². The highest BCUT2D eigenvalue weighted by Crippen LogP contribution is 2.49. The predicted octanol–water partition coefficient (Wildman–Crippen LogP) is 10.8. The van der Waals surface area contributed by atoms with Gasteiger partial charge in [0.25, 0.3) is 0 Å². The molecule has 2 heteroatoms. The number of hydrogen-bond donors (Lipinski definition) is 1. The molecule has 1 aliphatic rings. The first-order valence-electron chi connectivity index (χ1n) is 15.4. The lowest BCUT2D eigenvalue weighted by Gasteiger charge is -2.24. The van der Waals surface area contributed by atoms with Crippen molar-refractivity contribution in [1.29, 1.82) is 0 Å². The number of nitrogens with one attached hydrogen (secondary N) is 1. The molecule has 0 amide bonds. The smallest absolute Gasteiger partial charge is 0.139 e. The van der Waals surface area contributed by atoms with E-state index >= 15 is 0 Å². The summed E-state index contributed by atoms with van der Waals surface area (Å²) >= 11 is 0. The molecule has 1 unspecified atom stereocenters. The average molecular weight is 554 g/mol. The summed E-state index contributed by atoms with van der Waals surface area (Å²) in [5.74, 6) is 0.452. The summed E-state index contributed by atoms with van der Waals surface area (Å²) in [6.45, 7) is 2.09. The van der Waals surface area contributed by atoms with E-state index in [-0.39, 0.29) is 0 Å². The summed E-state index contributed by atoms with van der Waals surface area (Å²) in [7, 11) is 0. The molecule has 1 atom stereocenters. The van der Waals surface area contributed by atoms with Gasteiger partial charge < -0.3 is 9.73 Å². The van der Waals surface area contributed by atoms with Crippen molar-refractivity contribution in [2.75, 3.05) is 13.1 Å². The maximum absolute atomic E-state index is 6.74. The van der Waals surface area contributed by atoms with Crippen LogP contribution in [0.15, 0.2) is 132 Å². The highest BCUT2D eigenvalue weighted by atomic mass is 16.3. The molecule has 0 radical (unpaired) electrons. The van der Waals surface area contributed by atoms with Crippen LogP contribution in [0, 0.1) is 0 Å². The van der Waals surface area contributed by atoms with Gasteiger partial charge in [0.15, 0.2) is 0 Å². The van der Waals surface area contributed by atoms with E-state index in [4.69, 9.17) is 4.42 Å². The second kappa shape index (κ2) is 9.83. The van der Waals surface area contributed by atoms with Crippen molar-refractivity contribution in [2.45, 2.75) is 18.8 Å². The monoisotopic (exact) mass is 553 g/mol. The number of piperidine rings is 1. The number of rotatable bonds is 3. The van der Waals surface area contributed by atoms with Crippen LogP contribution < -0.4 is 5.32 Å². The van der Waals surface area contributed by atoms with Gasteiger partial charge in [-0.15, -0.1) is 0 Å². The third kappa shape index (κ3) is 3.77. The van der Waals surface area contributed by atoms with Crippen molar-refractivity contribution in [3.05, 3.63) is 133 Å². The lowest BCUT2D eigenvalue weighted by atomic mass is 9.82. The van der Waals surface area contributed by atoms with Crippen molar-refractivity contribution in [1.82, 2.24) is 5.32 Å². The molecule has 0 saturated carbocycles. The molecule has 2 nitrogen and oxygen atoms in total. The molecule has 2 heterocycles. The van der Waals surface area contributed by atoms with Crippen LogP contribution in [0.25, 0.3) is 76.5 Å². The molecule has 1 fully saturated rings. The largest absolute Gasteiger partial charge is 0.456 e. The first kappa shape index (κ1) is 24.7. The Hall–Kier alpha value is -4.92. The maximum Gasteiger partial charge on any atom is 0.139 e. The Morgan fingerprint density at radius 2 is 1.14 bits per heavy atom. The van der Waals surface area contributed by atoms with Crippen LogP contribution >= 0.6 is 0 Å². The zero-order valence-corrected chi connectivity index (χ0v) is 23.9. The minimum Gasteiger partial charge on any atom is -0.456 e. The molecule has 206 valence electrons. The van der Waals surface area contributed by atoms with Crippen LogP contribution in [0.1, 0.15) is 24.3 Å². The number of para-hydroxylation sites is 1. The van der Waals surface area contributed by atoms with E-state index in [0.717, 1.165) is 24.3 Å². The van der Waals surface area contributed by atoms with Gasteiger partial charge in [-0.1, -0.05) is 121 Å². The van der Waals surface area contributed by atoms with Crippen molar-refractivity contribution in [2.24, 2.45) is 0 Å². The fraction of sp³-hybridized carbons (Fsp3) is 0.122. The molecule has 1 aliphatic heterocycles. The van der Waals surface area contributed by atoms with Crippen LogP contribution in [0.2, 0.25) is 0 Å². The van der Waals surface area contributed by atoms with Gasteiger partial charge in [0.05, 0.1) is 0 Å². The Balaban J connectivity index is 1.42. The standard InChI is InChI=1S/C41H31NO/c1-2-14-28-26(11-1)12-9-20-30(28)38-31-15-3-5-17-33(31)39(34-18-6-4-16-32(34)38)36-23-22-29(27-13-10-24-42-25-27)41-40(36)35-19-7-8-21-37(35)43-41/h1-9,11-12,14-23,27,42H,10,13,24-25H2. The van der Waals surface area contributed by atoms with Gasteiger partial charge in [-0.2, -0.15) is 0 Å². The molecule has 9 rings (SSSR count). The normalized spacial score (nSPS) is 15.7. The lowest BCUT2D eigenvalue weighted by molar-refractivity contribution is 0.460. The summed E-state index contributed by atoms with van der Waals surface area (Å²) < 4.78 is 6.74. The Morgan fingerprint density at radius 1 is 0.535 bits per heavy atom. The third-order valence-electron chi connectivity index (χ3n) is 9.55. The summed E-state index contributed by atoms with van der Waals surface area (Å²) in [6.07, 6.45) is 2.38. The number of furan rings is 1. The Kier molecular flexibility index (Phi) is 5.64. The molecule has 1 aromatic heterocycles. The van der Waals surface area contributed by atoms with Crippen LogP contribution in [0.3, 0.4) is 0 Å². The van der Waals surface area contributed by atoms with Gasteiger partial charge in [0.2, 0.25) is 0 Å². The molecule has 0 bridgehead atoms. The van der Waals surface area contributed by atoms with Gasteiger partial charge in [0.1, 0.15) is 11.2 Å². The number of benzene rings is 7. The quantitative estimate of drug-likeness (QED) is 0.220. The molecule has 8 aromatic rings. The Labute approximate surface area is 250 Å². The maximum atomic E-state index is 6.74. The van der Waals surface area contributed by atoms with E-state index in [1.54, 1.807) is 0 Å². The van der Waals surface area contributed by atoms with Crippen LogP contribution in [-0.2, 0) is 0 Å². The number of hydrogen-bond acceptors (Lipinski definition) is 2. The van der Waals surface area contributed by atoms with Crippen LogP contribution in [0.5, 0.6) is 0 Å². The minimum atomic E-state index is 0.452. The fourth-order valence-corrected chi connectivity index (χ4v) is 7.65. The Bertz CT molecular complexity index is 2280. The summed E-state index contributed by atoms with van der Waals surface area (Å²) in [6, 6.07) is 46.6. The second-order valence-corrected chi connectivity index (χ2v) is 11.9. The molecule has 43 heavy (non-hydrogen) atoms. The fourth-order valence-electron chi connectivity index (χ4n) is 7.65. The van der Waals surface area contributed by atoms with Crippen molar-refractivity contribution < 1.29 is 4.42 Å². The van der Waals surface area contributed by atoms with Crippen molar-refractivity contribution in [3.63, 3.8) is 0 Å². The zero-order valence-electron chi connectivity index (χ0n) is 23.9. The molecule has 7 aromatic carbocycles. The molecule has 0 aliphatic carbocycles. The first-order chi connectivity index (χ1) is 21.4. The summed E-state index contributed by atoms with van der Waals surface area (Å²) in [4.78, 5) is 0. The van der Waals surface area contributed by atoms with E-state index in [2.05, 4.69) is 133 Å². The van der Waals surface area contributed by atoms with E-state index < -0.39 is 0 Å². The predicted molar refractivity (Wildman–Crippen MR) is 182 cm³/mol. The van der Waals surface area contributed by atoms with Gasteiger partial charge in [-0.25, -0.2) is 0 Å².